The Kier molecular flexibility index (Phi) is 7.45. The van der Waals surface area contributed by atoms with Gasteiger partial charge in [0.25, 0.3) is 0 Å². The maximum absolute atomic E-state index is 9.23. The van der Waals surface area contributed by atoms with Crippen LogP contribution in [0.1, 0.15) is 26.7 Å². The number of aliphatic hydroxyl groups excluding tert-OH is 1. The molecule has 0 spiro atoms. The Morgan fingerprint density at radius 2 is 2.17 bits per heavy atom. The van der Waals surface area contributed by atoms with Gasteiger partial charge < -0.3 is 15.2 Å². The molecule has 0 heterocycles. The summed E-state index contributed by atoms with van der Waals surface area (Å²) in [7, 11) is 1.69. The molecule has 0 rings (SSSR count). The van der Waals surface area contributed by atoms with Gasteiger partial charge in [0.1, 0.15) is 0 Å². The van der Waals surface area contributed by atoms with E-state index in [1.54, 1.807) is 7.11 Å². The Balaban J connectivity index is 3.18. The van der Waals surface area contributed by atoms with Crippen LogP contribution in [-0.4, -0.2) is 37.5 Å². The van der Waals surface area contributed by atoms with Crippen molar-refractivity contribution in [2.45, 2.75) is 38.8 Å². The van der Waals surface area contributed by atoms with Crippen LogP contribution in [0.15, 0.2) is 0 Å². The Labute approximate surface area is 75.1 Å². The maximum atomic E-state index is 9.23. The van der Waals surface area contributed by atoms with Crippen molar-refractivity contribution in [2.75, 3.05) is 20.3 Å². The van der Waals surface area contributed by atoms with Crippen LogP contribution in [0.4, 0.5) is 0 Å². The van der Waals surface area contributed by atoms with Crippen molar-refractivity contribution >= 4 is 0 Å². The van der Waals surface area contributed by atoms with Gasteiger partial charge in [-0.3, -0.25) is 0 Å². The lowest BCUT2D eigenvalue weighted by molar-refractivity contribution is 0.148. The molecule has 12 heavy (non-hydrogen) atoms. The monoisotopic (exact) mass is 175 g/mol. The van der Waals surface area contributed by atoms with Crippen molar-refractivity contribution in [2.24, 2.45) is 0 Å². The third kappa shape index (κ3) is 6.58. The van der Waals surface area contributed by atoms with Crippen LogP contribution in [0.2, 0.25) is 0 Å². The molecule has 0 aromatic heterocycles. The predicted molar refractivity (Wildman–Crippen MR) is 50.3 cm³/mol. The van der Waals surface area contributed by atoms with Crippen molar-refractivity contribution in [3.63, 3.8) is 0 Å². The van der Waals surface area contributed by atoms with Gasteiger partial charge in [0, 0.05) is 13.2 Å². The third-order valence-corrected chi connectivity index (χ3v) is 1.86. The second-order valence-corrected chi connectivity index (χ2v) is 3.16. The molecule has 0 saturated carbocycles. The van der Waals surface area contributed by atoms with E-state index >= 15 is 0 Å². The second-order valence-electron chi connectivity index (χ2n) is 3.16. The minimum atomic E-state index is -0.160. The van der Waals surface area contributed by atoms with Crippen LogP contribution in [0, 0.1) is 0 Å². The van der Waals surface area contributed by atoms with Gasteiger partial charge in [0.05, 0.1) is 12.7 Å². The SMILES string of the molecule is CCC(O)CCNC(C)COC. The molecule has 0 aliphatic carbocycles. The average Bonchev–Trinajstić information content (AvgIpc) is 2.04. The fourth-order valence-corrected chi connectivity index (χ4v) is 1.01. The summed E-state index contributed by atoms with van der Waals surface area (Å²) in [5.74, 6) is 0. The zero-order valence-corrected chi connectivity index (χ0v) is 8.34. The fourth-order valence-electron chi connectivity index (χ4n) is 1.01. The molecular formula is C9H21NO2. The van der Waals surface area contributed by atoms with Gasteiger partial charge in [0.15, 0.2) is 0 Å². The number of aliphatic hydroxyl groups is 1. The normalized spacial score (nSPS) is 16.0. The van der Waals surface area contributed by atoms with Gasteiger partial charge in [-0.05, 0) is 26.3 Å². The average molecular weight is 175 g/mol. The topological polar surface area (TPSA) is 41.5 Å². The summed E-state index contributed by atoms with van der Waals surface area (Å²) in [6.07, 6.45) is 1.50. The summed E-state index contributed by atoms with van der Waals surface area (Å²) in [5, 5.41) is 12.5. The Bertz CT molecular complexity index is 98.5. The van der Waals surface area contributed by atoms with E-state index in [0.717, 1.165) is 26.0 Å². The molecule has 2 N–H and O–H groups in total. The highest BCUT2D eigenvalue weighted by atomic mass is 16.5. The Hall–Kier alpha value is -0.120. The first-order valence-corrected chi connectivity index (χ1v) is 4.61. The lowest BCUT2D eigenvalue weighted by Crippen LogP contribution is -2.32. The second kappa shape index (κ2) is 7.53. The number of ether oxygens (including phenoxy) is 1. The van der Waals surface area contributed by atoms with Crippen LogP contribution in [0.25, 0.3) is 0 Å². The van der Waals surface area contributed by atoms with Gasteiger partial charge in [-0.15, -0.1) is 0 Å². The van der Waals surface area contributed by atoms with Gasteiger partial charge in [-0.1, -0.05) is 6.92 Å². The number of hydrogen-bond acceptors (Lipinski definition) is 3. The molecule has 2 unspecified atom stereocenters. The third-order valence-electron chi connectivity index (χ3n) is 1.86. The Morgan fingerprint density at radius 1 is 1.50 bits per heavy atom. The van der Waals surface area contributed by atoms with E-state index in [-0.39, 0.29) is 6.10 Å². The molecule has 0 saturated heterocycles. The summed E-state index contributed by atoms with van der Waals surface area (Å²) in [5.41, 5.74) is 0. The highest BCUT2D eigenvalue weighted by Crippen LogP contribution is 1.94. The van der Waals surface area contributed by atoms with E-state index in [0.29, 0.717) is 6.04 Å². The van der Waals surface area contributed by atoms with E-state index in [2.05, 4.69) is 12.2 Å². The molecule has 0 fully saturated rings. The van der Waals surface area contributed by atoms with Crippen LogP contribution < -0.4 is 5.32 Å². The van der Waals surface area contributed by atoms with Crippen molar-refractivity contribution in [1.29, 1.82) is 0 Å². The van der Waals surface area contributed by atoms with Crippen LogP contribution in [0.5, 0.6) is 0 Å². The summed E-state index contributed by atoms with van der Waals surface area (Å²) in [4.78, 5) is 0. The molecule has 0 bridgehead atoms. The highest BCUT2D eigenvalue weighted by Gasteiger charge is 2.02. The first-order valence-electron chi connectivity index (χ1n) is 4.61. The van der Waals surface area contributed by atoms with E-state index in [4.69, 9.17) is 4.74 Å². The van der Waals surface area contributed by atoms with E-state index in [9.17, 15) is 5.11 Å². The highest BCUT2D eigenvalue weighted by molar-refractivity contribution is 4.61. The molecular weight excluding hydrogens is 154 g/mol. The molecule has 0 aromatic rings. The van der Waals surface area contributed by atoms with Crippen molar-refractivity contribution < 1.29 is 9.84 Å². The molecule has 0 amide bonds. The van der Waals surface area contributed by atoms with E-state index in [1.807, 2.05) is 6.92 Å². The fraction of sp³-hybridized carbons (Fsp3) is 1.00. The summed E-state index contributed by atoms with van der Waals surface area (Å²) in [6.45, 7) is 5.65. The van der Waals surface area contributed by atoms with Crippen LogP contribution in [0.3, 0.4) is 0 Å². The van der Waals surface area contributed by atoms with Gasteiger partial charge in [-0.25, -0.2) is 0 Å². The first kappa shape index (κ1) is 11.9. The number of hydrogen-bond donors (Lipinski definition) is 2. The molecule has 3 heteroatoms. The minimum absolute atomic E-state index is 0.160. The molecule has 2 atom stereocenters. The van der Waals surface area contributed by atoms with Crippen LogP contribution >= 0.6 is 0 Å². The quantitative estimate of drug-likeness (QED) is 0.600. The van der Waals surface area contributed by atoms with Crippen molar-refractivity contribution in [1.82, 2.24) is 5.32 Å². The van der Waals surface area contributed by atoms with Gasteiger partial charge in [0.2, 0.25) is 0 Å². The molecule has 0 aromatic carbocycles. The Morgan fingerprint density at radius 3 is 2.67 bits per heavy atom. The molecule has 74 valence electrons. The largest absolute Gasteiger partial charge is 0.393 e. The zero-order chi connectivity index (χ0) is 9.40. The standard InChI is InChI=1S/C9H21NO2/c1-4-9(11)5-6-10-8(2)7-12-3/h8-11H,4-7H2,1-3H3. The van der Waals surface area contributed by atoms with Crippen LogP contribution in [-0.2, 0) is 4.74 Å². The zero-order valence-electron chi connectivity index (χ0n) is 8.34. The van der Waals surface area contributed by atoms with Gasteiger partial charge >= 0.3 is 0 Å². The summed E-state index contributed by atoms with van der Waals surface area (Å²) in [6, 6.07) is 0.374. The predicted octanol–water partition coefficient (Wildman–Crippen LogP) is 0.772. The molecule has 0 aliphatic rings. The first-order chi connectivity index (χ1) is 5.70. The smallest absolute Gasteiger partial charge is 0.0613 e. The lowest BCUT2D eigenvalue weighted by Gasteiger charge is -2.13. The summed E-state index contributed by atoms with van der Waals surface area (Å²) < 4.78 is 4.96. The van der Waals surface area contributed by atoms with E-state index < -0.39 is 0 Å². The number of methoxy groups -OCH3 is 1. The molecule has 0 aliphatic heterocycles. The minimum Gasteiger partial charge on any atom is -0.393 e. The number of nitrogens with one attached hydrogen (secondary N) is 1. The summed E-state index contributed by atoms with van der Waals surface area (Å²) >= 11 is 0. The van der Waals surface area contributed by atoms with Crippen molar-refractivity contribution in [3.8, 4) is 0 Å². The number of rotatable bonds is 7. The maximum Gasteiger partial charge on any atom is 0.0613 e. The molecule has 3 nitrogen and oxygen atoms in total. The lowest BCUT2D eigenvalue weighted by atomic mass is 10.2. The van der Waals surface area contributed by atoms with Crippen molar-refractivity contribution in [3.05, 3.63) is 0 Å². The van der Waals surface area contributed by atoms with E-state index in [1.165, 1.54) is 0 Å². The molecule has 0 radical (unpaired) electrons. The van der Waals surface area contributed by atoms with Gasteiger partial charge in [-0.2, -0.15) is 0 Å².